The summed E-state index contributed by atoms with van der Waals surface area (Å²) in [5, 5.41) is 3.93. The molecule has 0 radical (unpaired) electrons. The van der Waals surface area contributed by atoms with Crippen molar-refractivity contribution in [3.8, 4) is 0 Å². The van der Waals surface area contributed by atoms with Crippen LogP contribution in [-0.2, 0) is 6.54 Å². The largest absolute Gasteiger partial charge is 0.346 e. The minimum Gasteiger partial charge on any atom is -0.346 e. The molecule has 2 aromatic rings. The second kappa shape index (κ2) is 4.49. The third-order valence-corrected chi connectivity index (χ3v) is 2.48. The molecule has 0 aliphatic heterocycles. The van der Waals surface area contributed by atoms with Crippen molar-refractivity contribution in [1.29, 1.82) is 0 Å². The average Bonchev–Trinajstić information content (AvgIpc) is 2.62. The summed E-state index contributed by atoms with van der Waals surface area (Å²) in [5.41, 5.74) is 1.56. The van der Waals surface area contributed by atoms with Gasteiger partial charge in [-0.15, -0.1) is 0 Å². The Balaban J connectivity index is 2.37. The first-order valence-corrected chi connectivity index (χ1v) is 5.50. The van der Waals surface area contributed by atoms with Crippen molar-refractivity contribution in [1.82, 2.24) is 20.3 Å². The lowest BCUT2D eigenvalue weighted by Gasteiger charge is -2.00. The number of nitrogens with zero attached hydrogens (tertiary/aromatic N) is 1. The van der Waals surface area contributed by atoms with Crippen molar-refractivity contribution in [2.75, 3.05) is 6.54 Å². The Hall–Kier alpha value is -1.62. The van der Waals surface area contributed by atoms with Crippen LogP contribution in [0.5, 0.6) is 0 Å². The minimum absolute atomic E-state index is 0.0722. The van der Waals surface area contributed by atoms with Crippen LogP contribution in [0.15, 0.2) is 11.0 Å². The van der Waals surface area contributed by atoms with Crippen molar-refractivity contribution < 1.29 is 0 Å². The second-order valence-corrected chi connectivity index (χ2v) is 3.87. The van der Waals surface area contributed by atoms with Crippen molar-refractivity contribution in [3.05, 3.63) is 27.9 Å². The van der Waals surface area contributed by atoms with E-state index in [4.69, 9.17) is 0 Å². The van der Waals surface area contributed by atoms with Gasteiger partial charge in [0.15, 0.2) is 0 Å². The number of fused-ring (bicyclic) bond motifs is 1. The fourth-order valence-electron chi connectivity index (χ4n) is 1.76. The molecule has 0 aliphatic rings. The molecule has 5 nitrogen and oxygen atoms in total. The molecule has 16 heavy (non-hydrogen) atoms. The normalized spacial score (nSPS) is 11.1. The topological polar surface area (TPSA) is 73.6 Å². The molecule has 0 saturated carbocycles. The lowest BCUT2D eigenvalue weighted by molar-refractivity contribution is 0.678. The molecule has 2 rings (SSSR count). The van der Waals surface area contributed by atoms with Crippen molar-refractivity contribution in [3.63, 3.8) is 0 Å². The van der Waals surface area contributed by atoms with Gasteiger partial charge in [-0.3, -0.25) is 4.79 Å². The van der Waals surface area contributed by atoms with Crippen molar-refractivity contribution in [2.45, 2.75) is 26.8 Å². The van der Waals surface area contributed by atoms with E-state index in [1.165, 1.54) is 0 Å². The van der Waals surface area contributed by atoms with Crippen LogP contribution < -0.4 is 10.9 Å². The Morgan fingerprint density at radius 1 is 1.50 bits per heavy atom. The number of rotatable bonds is 4. The number of aromatic amines is 2. The van der Waals surface area contributed by atoms with Gasteiger partial charge >= 0.3 is 0 Å². The monoisotopic (exact) mass is 220 g/mol. The highest BCUT2D eigenvalue weighted by Gasteiger charge is 2.08. The van der Waals surface area contributed by atoms with Gasteiger partial charge < -0.3 is 15.3 Å². The molecule has 2 aromatic heterocycles. The number of hydrogen-bond donors (Lipinski definition) is 3. The zero-order valence-electron chi connectivity index (χ0n) is 9.55. The Kier molecular flexibility index (Phi) is 3.05. The fraction of sp³-hybridized carbons (Fsp3) is 0.455. The summed E-state index contributed by atoms with van der Waals surface area (Å²) >= 11 is 0. The zero-order valence-corrected chi connectivity index (χ0v) is 9.55. The Morgan fingerprint density at radius 2 is 2.31 bits per heavy atom. The molecule has 0 unspecified atom stereocenters. The van der Waals surface area contributed by atoms with Crippen LogP contribution >= 0.6 is 0 Å². The summed E-state index contributed by atoms with van der Waals surface area (Å²) in [6.45, 7) is 5.53. The highest BCUT2D eigenvalue weighted by Crippen LogP contribution is 2.11. The third-order valence-electron chi connectivity index (χ3n) is 2.48. The van der Waals surface area contributed by atoms with E-state index in [1.54, 1.807) is 6.92 Å². The van der Waals surface area contributed by atoms with E-state index in [-0.39, 0.29) is 5.56 Å². The second-order valence-electron chi connectivity index (χ2n) is 3.87. The molecular weight excluding hydrogens is 204 g/mol. The van der Waals surface area contributed by atoms with Crippen LogP contribution in [0.4, 0.5) is 0 Å². The molecule has 5 heteroatoms. The standard InChI is InChI=1S/C11H16N4O/c1-3-4-12-5-8-6-13-10-9(8)11(16)15-7(2)14-10/h6,12H,3-5H2,1-2H3,(H2,13,14,15,16). The van der Waals surface area contributed by atoms with E-state index in [2.05, 4.69) is 27.2 Å². The lowest BCUT2D eigenvalue weighted by atomic mass is 10.2. The average molecular weight is 220 g/mol. The fourth-order valence-corrected chi connectivity index (χ4v) is 1.76. The predicted octanol–water partition coefficient (Wildman–Crippen LogP) is 1.06. The molecule has 86 valence electrons. The van der Waals surface area contributed by atoms with Crippen LogP contribution in [0.1, 0.15) is 24.7 Å². The highest BCUT2D eigenvalue weighted by atomic mass is 16.1. The Morgan fingerprint density at radius 3 is 3.06 bits per heavy atom. The van der Waals surface area contributed by atoms with Crippen LogP contribution in [0.3, 0.4) is 0 Å². The number of nitrogens with one attached hydrogen (secondary N) is 3. The Bertz CT molecular complexity index is 540. The van der Waals surface area contributed by atoms with E-state index in [0.717, 1.165) is 18.5 Å². The van der Waals surface area contributed by atoms with E-state index < -0.39 is 0 Å². The smallest absolute Gasteiger partial charge is 0.260 e. The first kappa shape index (κ1) is 10.9. The van der Waals surface area contributed by atoms with Crippen molar-refractivity contribution in [2.24, 2.45) is 0 Å². The van der Waals surface area contributed by atoms with Gasteiger partial charge in [0, 0.05) is 12.7 Å². The lowest BCUT2D eigenvalue weighted by Crippen LogP contribution is -2.16. The predicted molar refractivity (Wildman–Crippen MR) is 63.4 cm³/mol. The molecule has 2 heterocycles. The maximum atomic E-state index is 11.8. The highest BCUT2D eigenvalue weighted by molar-refractivity contribution is 5.78. The number of aryl methyl sites for hydroxylation is 1. The molecule has 0 spiro atoms. The maximum absolute atomic E-state index is 11.8. The van der Waals surface area contributed by atoms with E-state index in [1.807, 2.05) is 6.20 Å². The van der Waals surface area contributed by atoms with Gasteiger partial charge in [0.1, 0.15) is 11.5 Å². The number of H-pyrrole nitrogens is 2. The Labute approximate surface area is 93.3 Å². The molecule has 0 saturated heterocycles. The molecule has 0 aromatic carbocycles. The van der Waals surface area contributed by atoms with E-state index >= 15 is 0 Å². The first-order chi connectivity index (χ1) is 7.72. The van der Waals surface area contributed by atoms with Gasteiger partial charge in [-0.25, -0.2) is 4.98 Å². The maximum Gasteiger partial charge on any atom is 0.260 e. The summed E-state index contributed by atoms with van der Waals surface area (Å²) in [5.74, 6) is 0.632. The molecule has 0 aliphatic carbocycles. The van der Waals surface area contributed by atoms with Gasteiger partial charge in [0.05, 0.1) is 5.39 Å². The van der Waals surface area contributed by atoms with Crippen LogP contribution in [-0.4, -0.2) is 21.5 Å². The summed E-state index contributed by atoms with van der Waals surface area (Å²) in [7, 11) is 0. The quantitative estimate of drug-likeness (QED) is 0.674. The molecule has 0 atom stereocenters. The molecule has 0 fully saturated rings. The van der Waals surface area contributed by atoms with Crippen LogP contribution in [0.25, 0.3) is 11.0 Å². The van der Waals surface area contributed by atoms with Crippen molar-refractivity contribution >= 4 is 11.0 Å². The summed E-state index contributed by atoms with van der Waals surface area (Å²) in [6.07, 6.45) is 2.92. The van der Waals surface area contributed by atoms with Gasteiger partial charge in [0.2, 0.25) is 0 Å². The van der Waals surface area contributed by atoms with Gasteiger partial charge in [-0.1, -0.05) is 6.92 Å². The number of aromatic nitrogens is 3. The summed E-state index contributed by atoms with van der Waals surface area (Å²) in [6, 6.07) is 0. The molecule has 0 bridgehead atoms. The first-order valence-electron chi connectivity index (χ1n) is 5.50. The van der Waals surface area contributed by atoms with Gasteiger partial charge in [0.25, 0.3) is 5.56 Å². The zero-order chi connectivity index (χ0) is 11.5. The van der Waals surface area contributed by atoms with Crippen LogP contribution in [0, 0.1) is 6.92 Å². The van der Waals surface area contributed by atoms with Gasteiger partial charge in [-0.05, 0) is 25.5 Å². The SMILES string of the molecule is CCCNCc1c[nH]c2nc(C)[nH]c(=O)c12. The molecular formula is C11H16N4O. The summed E-state index contributed by atoms with van der Waals surface area (Å²) < 4.78 is 0. The van der Waals surface area contributed by atoms with E-state index in [0.29, 0.717) is 23.4 Å². The van der Waals surface area contributed by atoms with Gasteiger partial charge in [-0.2, -0.15) is 0 Å². The number of hydrogen-bond acceptors (Lipinski definition) is 3. The van der Waals surface area contributed by atoms with E-state index in [9.17, 15) is 4.79 Å². The molecule has 3 N–H and O–H groups in total. The summed E-state index contributed by atoms with van der Waals surface area (Å²) in [4.78, 5) is 21.8. The van der Waals surface area contributed by atoms with Crippen LogP contribution in [0.2, 0.25) is 0 Å². The molecule has 0 amide bonds. The third kappa shape index (κ3) is 1.99. The minimum atomic E-state index is -0.0722.